The van der Waals surface area contributed by atoms with Gasteiger partial charge < -0.3 is 25.8 Å². The van der Waals surface area contributed by atoms with Crippen LogP contribution in [-0.2, 0) is 20.7 Å². The van der Waals surface area contributed by atoms with Gasteiger partial charge in [-0.25, -0.2) is 4.98 Å². The van der Waals surface area contributed by atoms with Gasteiger partial charge in [-0.05, 0) is 30.5 Å². The maximum atomic E-state index is 12.0. The predicted molar refractivity (Wildman–Crippen MR) is 78.6 cm³/mol. The number of carbonyl (C=O) groups is 2. The first kappa shape index (κ1) is 16.2. The fourth-order valence-corrected chi connectivity index (χ4v) is 2.40. The zero-order chi connectivity index (χ0) is 16.1. The summed E-state index contributed by atoms with van der Waals surface area (Å²) in [6.07, 6.45) is 1.88. The number of hydrogen-bond donors (Lipinski definition) is 4. The summed E-state index contributed by atoms with van der Waals surface area (Å²) >= 11 is 0. The minimum absolute atomic E-state index is 0.120. The Labute approximate surface area is 127 Å². The summed E-state index contributed by atoms with van der Waals surface area (Å²) in [6, 6.07) is 3.29. The normalized spacial score (nSPS) is 21.4. The molecule has 2 rings (SSSR count). The summed E-state index contributed by atoms with van der Waals surface area (Å²) in [5.41, 5.74) is 6.27. The van der Waals surface area contributed by atoms with Crippen molar-refractivity contribution in [1.82, 2.24) is 10.3 Å². The second kappa shape index (κ2) is 7.23. The number of aromatic nitrogens is 1. The van der Waals surface area contributed by atoms with Crippen molar-refractivity contribution in [2.75, 3.05) is 5.73 Å². The number of nitrogens with zero attached hydrogens (tertiary/aromatic N) is 1. The average molecular weight is 307 g/mol. The van der Waals surface area contributed by atoms with Crippen LogP contribution in [0, 0.1) is 0 Å². The van der Waals surface area contributed by atoms with Crippen molar-refractivity contribution in [3.8, 4) is 0 Å². The lowest BCUT2D eigenvalue weighted by molar-refractivity contribution is -0.139. The smallest absolute Gasteiger partial charge is 0.478 e. The molecule has 5 N–H and O–H groups in total. The monoisotopic (exact) mass is 307 g/mol. The molecular formula is C13H18BN3O5. The fraction of sp³-hybridized carbons (Fsp3) is 0.462. The van der Waals surface area contributed by atoms with Crippen molar-refractivity contribution in [3.05, 3.63) is 23.9 Å². The molecule has 0 aromatic carbocycles. The molecule has 0 radical (unpaired) electrons. The van der Waals surface area contributed by atoms with E-state index >= 15 is 0 Å². The van der Waals surface area contributed by atoms with Crippen LogP contribution in [0.2, 0.25) is 0 Å². The highest BCUT2D eigenvalue weighted by molar-refractivity contribution is 6.45. The number of rotatable bonds is 5. The van der Waals surface area contributed by atoms with Crippen molar-refractivity contribution in [3.63, 3.8) is 0 Å². The lowest BCUT2D eigenvalue weighted by Crippen LogP contribution is -2.53. The van der Waals surface area contributed by atoms with E-state index in [2.05, 4.69) is 10.3 Å². The molecule has 1 aliphatic heterocycles. The van der Waals surface area contributed by atoms with Gasteiger partial charge >= 0.3 is 13.1 Å². The van der Waals surface area contributed by atoms with Crippen LogP contribution in [0.5, 0.6) is 0 Å². The standard InChI is InChI=1S/C13H18BN3O5/c15-11-5-8(3-4-16-11)6-12(18)17-10-2-1-9(7-13(19)20)22-14(10)21/h3-5,9-10,21H,1-2,6-7H2,(H2,15,16)(H,17,18)(H,19,20)/t9?,10-/m0/s1. The Morgan fingerprint density at radius 1 is 1.50 bits per heavy atom. The zero-order valence-corrected chi connectivity index (χ0v) is 11.9. The summed E-state index contributed by atoms with van der Waals surface area (Å²) in [5.74, 6) is -1.45. The summed E-state index contributed by atoms with van der Waals surface area (Å²) in [4.78, 5) is 26.4. The van der Waals surface area contributed by atoms with E-state index in [1.54, 1.807) is 12.1 Å². The third kappa shape index (κ3) is 4.71. The molecule has 1 aliphatic rings. The molecule has 9 heteroatoms. The largest absolute Gasteiger partial charge is 0.481 e. The van der Waals surface area contributed by atoms with Crippen LogP contribution in [0.4, 0.5) is 5.82 Å². The molecule has 1 fully saturated rings. The lowest BCUT2D eigenvalue weighted by Gasteiger charge is -2.30. The van der Waals surface area contributed by atoms with Crippen LogP contribution >= 0.6 is 0 Å². The second-order valence-electron chi connectivity index (χ2n) is 5.26. The Balaban J connectivity index is 1.83. The number of aliphatic carboxylic acids is 1. The van der Waals surface area contributed by atoms with Crippen LogP contribution in [0.15, 0.2) is 18.3 Å². The molecule has 1 saturated heterocycles. The van der Waals surface area contributed by atoms with Crippen molar-refractivity contribution in [2.45, 2.75) is 37.7 Å². The Bertz CT molecular complexity index is 556. The van der Waals surface area contributed by atoms with Gasteiger partial charge in [0.2, 0.25) is 5.91 Å². The molecule has 1 aromatic rings. The minimum atomic E-state index is -1.20. The van der Waals surface area contributed by atoms with Gasteiger partial charge in [-0.3, -0.25) is 9.59 Å². The number of nitrogens with one attached hydrogen (secondary N) is 1. The van der Waals surface area contributed by atoms with Crippen LogP contribution in [0.1, 0.15) is 24.8 Å². The molecule has 118 valence electrons. The summed E-state index contributed by atoms with van der Waals surface area (Å²) < 4.78 is 5.21. The number of amides is 1. The number of pyridine rings is 1. The summed E-state index contributed by atoms with van der Waals surface area (Å²) in [6.45, 7) is 0. The molecule has 1 amide bonds. The van der Waals surface area contributed by atoms with E-state index in [1.165, 1.54) is 6.20 Å². The van der Waals surface area contributed by atoms with E-state index in [4.69, 9.17) is 15.5 Å². The van der Waals surface area contributed by atoms with E-state index in [0.717, 1.165) is 5.56 Å². The highest BCUT2D eigenvalue weighted by Crippen LogP contribution is 2.18. The van der Waals surface area contributed by atoms with Gasteiger partial charge in [0.25, 0.3) is 0 Å². The van der Waals surface area contributed by atoms with Gasteiger partial charge in [0, 0.05) is 6.20 Å². The fourth-order valence-electron chi connectivity index (χ4n) is 2.40. The molecule has 2 heterocycles. The first-order valence-corrected chi connectivity index (χ1v) is 6.99. The van der Waals surface area contributed by atoms with Crippen LogP contribution in [0.25, 0.3) is 0 Å². The lowest BCUT2D eigenvalue weighted by atomic mass is 9.72. The number of carbonyl (C=O) groups excluding carboxylic acids is 1. The molecule has 0 bridgehead atoms. The SMILES string of the molecule is Nc1cc(CC(=O)N[C@H]2CCC(CC(=O)O)OB2O)ccn1. The zero-order valence-electron chi connectivity index (χ0n) is 11.9. The Morgan fingerprint density at radius 2 is 2.27 bits per heavy atom. The van der Waals surface area contributed by atoms with Crippen LogP contribution < -0.4 is 11.1 Å². The van der Waals surface area contributed by atoms with E-state index in [9.17, 15) is 14.6 Å². The molecular weight excluding hydrogens is 289 g/mol. The average Bonchev–Trinajstić information content (AvgIpc) is 2.41. The molecule has 1 unspecified atom stereocenters. The van der Waals surface area contributed by atoms with Crippen LogP contribution in [0.3, 0.4) is 0 Å². The third-order valence-electron chi connectivity index (χ3n) is 3.43. The van der Waals surface area contributed by atoms with Gasteiger partial charge in [0.1, 0.15) is 5.82 Å². The highest BCUT2D eigenvalue weighted by Gasteiger charge is 2.36. The quantitative estimate of drug-likeness (QED) is 0.532. The van der Waals surface area contributed by atoms with Gasteiger partial charge in [-0.2, -0.15) is 0 Å². The molecule has 2 atom stereocenters. The number of carboxylic acids is 1. The number of nitrogen functional groups attached to an aromatic ring is 1. The number of hydrogen-bond acceptors (Lipinski definition) is 6. The highest BCUT2D eigenvalue weighted by atomic mass is 16.5. The number of nitrogens with two attached hydrogens (primary N) is 1. The first-order chi connectivity index (χ1) is 10.4. The van der Waals surface area contributed by atoms with Crippen molar-refractivity contribution < 1.29 is 24.4 Å². The van der Waals surface area contributed by atoms with Gasteiger partial charge in [-0.1, -0.05) is 0 Å². The number of carboxylic acid groups (broad SMARTS) is 1. The number of anilines is 1. The second-order valence-corrected chi connectivity index (χ2v) is 5.26. The molecule has 0 spiro atoms. The van der Waals surface area contributed by atoms with E-state index in [1.807, 2.05) is 0 Å². The van der Waals surface area contributed by atoms with Gasteiger partial charge in [0.05, 0.1) is 24.9 Å². The molecule has 22 heavy (non-hydrogen) atoms. The third-order valence-corrected chi connectivity index (χ3v) is 3.43. The van der Waals surface area contributed by atoms with Crippen molar-refractivity contribution in [1.29, 1.82) is 0 Å². The maximum Gasteiger partial charge on any atom is 0.478 e. The van der Waals surface area contributed by atoms with Gasteiger partial charge in [-0.15, -0.1) is 0 Å². The van der Waals surface area contributed by atoms with Crippen molar-refractivity contribution in [2.24, 2.45) is 0 Å². The maximum absolute atomic E-state index is 12.0. The first-order valence-electron chi connectivity index (χ1n) is 6.99. The van der Waals surface area contributed by atoms with E-state index < -0.39 is 25.1 Å². The minimum Gasteiger partial charge on any atom is -0.481 e. The predicted octanol–water partition coefficient (Wildman–Crippen LogP) is -0.635. The van der Waals surface area contributed by atoms with E-state index in [-0.39, 0.29) is 18.7 Å². The molecule has 0 saturated carbocycles. The van der Waals surface area contributed by atoms with Gasteiger partial charge in [0.15, 0.2) is 0 Å². The Morgan fingerprint density at radius 3 is 2.91 bits per heavy atom. The molecule has 1 aromatic heterocycles. The van der Waals surface area contributed by atoms with Crippen molar-refractivity contribution >= 4 is 24.8 Å². The van der Waals surface area contributed by atoms with Crippen LogP contribution in [-0.4, -0.2) is 46.2 Å². The topological polar surface area (TPSA) is 135 Å². The van der Waals surface area contributed by atoms with E-state index in [0.29, 0.717) is 18.7 Å². The Hall–Kier alpha value is -2.13. The summed E-state index contributed by atoms with van der Waals surface area (Å²) in [5, 5.41) is 21.2. The molecule has 0 aliphatic carbocycles. The summed E-state index contributed by atoms with van der Waals surface area (Å²) in [7, 11) is -1.20. The Kier molecular flexibility index (Phi) is 5.34. The molecule has 8 nitrogen and oxygen atoms in total.